The second kappa shape index (κ2) is 6.57. The molecule has 2 heterocycles. The number of anilines is 1. The van der Waals surface area contributed by atoms with E-state index in [1.807, 2.05) is 0 Å². The topological polar surface area (TPSA) is 53.5 Å². The minimum Gasteiger partial charge on any atom is -0.369 e. The molecule has 0 aromatic heterocycles. The highest BCUT2D eigenvalue weighted by Gasteiger charge is 2.27. The first-order valence-corrected chi connectivity index (χ1v) is 7.50. The minimum atomic E-state index is 0. The van der Waals surface area contributed by atoms with Crippen molar-refractivity contribution in [1.82, 2.24) is 16.4 Å². The Bertz CT molecular complexity index is 401. The van der Waals surface area contributed by atoms with Crippen molar-refractivity contribution < 1.29 is 0 Å². The van der Waals surface area contributed by atoms with Crippen LogP contribution in [0, 0.1) is 0 Å². The summed E-state index contributed by atoms with van der Waals surface area (Å²) < 4.78 is 0. The Morgan fingerprint density at radius 2 is 1.75 bits per heavy atom. The van der Waals surface area contributed by atoms with Gasteiger partial charge in [0.1, 0.15) is 0 Å². The molecular weight excluding hydrogens is 248 g/mol. The first-order valence-electron chi connectivity index (χ1n) is 7.50. The third-order valence-electron chi connectivity index (χ3n) is 4.73. The smallest absolute Gasteiger partial charge is 0.0367 e. The van der Waals surface area contributed by atoms with Gasteiger partial charge in [-0.1, -0.05) is 12.1 Å². The molecule has 4 nitrogen and oxygen atoms in total. The summed E-state index contributed by atoms with van der Waals surface area (Å²) in [6.45, 7) is 7.99. The molecule has 0 amide bonds. The van der Waals surface area contributed by atoms with Crippen LogP contribution in [0.1, 0.15) is 24.8 Å². The van der Waals surface area contributed by atoms with Crippen molar-refractivity contribution in [3.63, 3.8) is 0 Å². The standard InChI is InChI=1S/C16H25N3.H3N/c1-13-11-15(12-18(13)2)14-3-5-16(6-4-14)19-9-7-17-8-10-19;/h3-6,13,15,17H,7-12H2,1-2H3;1H3. The average Bonchev–Trinajstić information content (AvgIpc) is 2.80. The number of nitrogens with one attached hydrogen (secondary N) is 1. The van der Waals surface area contributed by atoms with Gasteiger partial charge in [0.25, 0.3) is 0 Å². The summed E-state index contributed by atoms with van der Waals surface area (Å²) in [5.41, 5.74) is 2.89. The molecule has 1 aromatic carbocycles. The molecule has 2 atom stereocenters. The van der Waals surface area contributed by atoms with Gasteiger partial charge >= 0.3 is 0 Å². The zero-order chi connectivity index (χ0) is 13.2. The zero-order valence-corrected chi connectivity index (χ0v) is 12.8. The lowest BCUT2D eigenvalue weighted by molar-refractivity contribution is 0.329. The van der Waals surface area contributed by atoms with Gasteiger partial charge in [-0.3, -0.25) is 0 Å². The Labute approximate surface area is 122 Å². The lowest BCUT2D eigenvalue weighted by Gasteiger charge is -2.29. The molecule has 0 saturated carbocycles. The molecule has 2 aliphatic rings. The van der Waals surface area contributed by atoms with Gasteiger partial charge in [0, 0.05) is 44.5 Å². The molecule has 2 saturated heterocycles. The van der Waals surface area contributed by atoms with E-state index in [-0.39, 0.29) is 6.15 Å². The van der Waals surface area contributed by atoms with Gasteiger partial charge in [0.2, 0.25) is 0 Å². The normalized spacial score (nSPS) is 27.4. The molecule has 20 heavy (non-hydrogen) atoms. The van der Waals surface area contributed by atoms with E-state index in [1.54, 1.807) is 0 Å². The van der Waals surface area contributed by atoms with Gasteiger partial charge in [-0.15, -0.1) is 0 Å². The fourth-order valence-corrected chi connectivity index (χ4v) is 3.32. The molecule has 3 rings (SSSR count). The van der Waals surface area contributed by atoms with Crippen LogP contribution >= 0.6 is 0 Å². The van der Waals surface area contributed by atoms with Gasteiger partial charge in [0.15, 0.2) is 0 Å². The quantitative estimate of drug-likeness (QED) is 0.868. The van der Waals surface area contributed by atoms with Gasteiger partial charge in [-0.25, -0.2) is 0 Å². The number of piperazine rings is 1. The number of hydrogen-bond donors (Lipinski definition) is 2. The molecule has 2 unspecified atom stereocenters. The second-order valence-corrected chi connectivity index (χ2v) is 6.05. The number of likely N-dealkylation sites (tertiary alicyclic amines) is 1. The maximum atomic E-state index is 3.40. The molecule has 0 bridgehead atoms. The highest BCUT2D eigenvalue weighted by molar-refractivity contribution is 5.48. The summed E-state index contributed by atoms with van der Waals surface area (Å²) in [5.74, 6) is 0.720. The van der Waals surface area contributed by atoms with E-state index in [1.165, 1.54) is 24.2 Å². The Kier molecular flexibility index (Phi) is 5.02. The summed E-state index contributed by atoms with van der Waals surface area (Å²) >= 11 is 0. The molecule has 0 aliphatic carbocycles. The van der Waals surface area contributed by atoms with Crippen LogP contribution in [0.5, 0.6) is 0 Å². The van der Waals surface area contributed by atoms with Gasteiger partial charge < -0.3 is 21.3 Å². The molecule has 2 aliphatic heterocycles. The fraction of sp³-hybridized carbons (Fsp3) is 0.625. The van der Waals surface area contributed by atoms with E-state index in [0.29, 0.717) is 0 Å². The third kappa shape index (κ3) is 3.14. The fourth-order valence-electron chi connectivity index (χ4n) is 3.32. The number of nitrogens with zero attached hydrogens (tertiary/aromatic N) is 2. The monoisotopic (exact) mass is 276 g/mol. The predicted octanol–water partition coefficient (Wildman–Crippen LogP) is 2.07. The highest BCUT2D eigenvalue weighted by Crippen LogP contribution is 2.31. The Hall–Kier alpha value is -1.10. The Balaban J connectivity index is 0.00000147. The zero-order valence-electron chi connectivity index (χ0n) is 12.8. The van der Waals surface area contributed by atoms with Crippen molar-refractivity contribution in [2.75, 3.05) is 44.7 Å². The van der Waals surface area contributed by atoms with Crippen molar-refractivity contribution in [3.8, 4) is 0 Å². The van der Waals surface area contributed by atoms with E-state index in [9.17, 15) is 0 Å². The Morgan fingerprint density at radius 1 is 1.10 bits per heavy atom. The van der Waals surface area contributed by atoms with Crippen LogP contribution in [0.2, 0.25) is 0 Å². The SMILES string of the molecule is CC1CC(c2ccc(N3CCNCC3)cc2)CN1C.N. The van der Waals surface area contributed by atoms with Crippen molar-refractivity contribution >= 4 is 5.69 Å². The van der Waals surface area contributed by atoms with E-state index in [4.69, 9.17) is 0 Å². The van der Waals surface area contributed by atoms with Crippen LogP contribution in [0.25, 0.3) is 0 Å². The van der Waals surface area contributed by atoms with Crippen LogP contribution in [0.4, 0.5) is 5.69 Å². The van der Waals surface area contributed by atoms with Crippen molar-refractivity contribution in [3.05, 3.63) is 29.8 Å². The molecule has 4 heteroatoms. The summed E-state index contributed by atoms with van der Waals surface area (Å²) in [7, 11) is 2.24. The number of rotatable bonds is 2. The lowest BCUT2D eigenvalue weighted by atomic mass is 9.96. The van der Waals surface area contributed by atoms with E-state index in [0.717, 1.165) is 38.1 Å². The maximum absolute atomic E-state index is 3.40. The first-order chi connectivity index (χ1) is 9.24. The average molecular weight is 276 g/mol. The van der Waals surface area contributed by atoms with Gasteiger partial charge in [0.05, 0.1) is 0 Å². The predicted molar refractivity (Wildman–Crippen MR) is 86.0 cm³/mol. The van der Waals surface area contributed by atoms with Crippen LogP contribution in [0.15, 0.2) is 24.3 Å². The molecule has 4 N–H and O–H groups in total. The number of hydrogen-bond acceptors (Lipinski definition) is 4. The first kappa shape index (κ1) is 15.3. The van der Waals surface area contributed by atoms with Crippen LogP contribution in [-0.4, -0.2) is 50.7 Å². The highest BCUT2D eigenvalue weighted by atomic mass is 15.2. The number of benzene rings is 1. The van der Waals surface area contributed by atoms with Gasteiger partial charge in [-0.2, -0.15) is 0 Å². The lowest BCUT2D eigenvalue weighted by Crippen LogP contribution is -2.43. The van der Waals surface area contributed by atoms with Gasteiger partial charge in [-0.05, 0) is 44.0 Å². The van der Waals surface area contributed by atoms with Crippen molar-refractivity contribution in [1.29, 1.82) is 0 Å². The van der Waals surface area contributed by atoms with Crippen molar-refractivity contribution in [2.24, 2.45) is 0 Å². The Morgan fingerprint density at radius 3 is 2.30 bits per heavy atom. The maximum Gasteiger partial charge on any atom is 0.0367 e. The second-order valence-electron chi connectivity index (χ2n) is 6.05. The molecular formula is C16H28N4. The molecule has 0 radical (unpaired) electrons. The summed E-state index contributed by atoms with van der Waals surface area (Å²) in [5, 5.41) is 3.40. The minimum absolute atomic E-state index is 0. The summed E-state index contributed by atoms with van der Waals surface area (Å²) in [6.07, 6.45) is 1.30. The van der Waals surface area contributed by atoms with Crippen LogP contribution in [-0.2, 0) is 0 Å². The van der Waals surface area contributed by atoms with Crippen LogP contribution < -0.4 is 16.4 Å². The third-order valence-corrected chi connectivity index (χ3v) is 4.73. The largest absolute Gasteiger partial charge is 0.369 e. The molecule has 112 valence electrons. The number of likely N-dealkylation sites (N-methyl/N-ethyl adjacent to an activating group) is 1. The van der Waals surface area contributed by atoms with E-state index >= 15 is 0 Å². The van der Waals surface area contributed by atoms with Crippen molar-refractivity contribution in [2.45, 2.75) is 25.3 Å². The summed E-state index contributed by atoms with van der Waals surface area (Å²) in [4.78, 5) is 4.94. The van der Waals surface area contributed by atoms with E-state index in [2.05, 4.69) is 53.4 Å². The molecule has 1 aromatic rings. The molecule has 2 fully saturated rings. The molecule has 0 spiro atoms. The summed E-state index contributed by atoms with van der Waals surface area (Å²) in [6, 6.07) is 10.0. The van der Waals surface area contributed by atoms with Crippen LogP contribution in [0.3, 0.4) is 0 Å². The van der Waals surface area contributed by atoms with E-state index < -0.39 is 0 Å².